The number of nitrogens with one attached hydrogen (secondary N) is 3. The number of hydrogen-bond donors (Lipinski definition) is 3. The molecule has 1 fully saturated rings. The lowest BCUT2D eigenvalue weighted by molar-refractivity contribution is 0.431. The molecule has 0 bridgehead atoms. The van der Waals surface area contributed by atoms with Gasteiger partial charge in [0.2, 0.25) is 0 Å². The van der Waals surface area contributed by atoms with Crippen LogP contribution in [0.3, 0.4) is 0 Å². The number of aromatic amines is 1. The largest absolute Gasteiger partial charge is 0.361 e. The van der Waals surface area contributed by atoms with Crippen molar-refractivity contribution in [2.45, 2.75) is 31.7 Å². The summed E-state index contributed by atoms with van der Waals surface area (Å²) in [5.74, 6) is 0. The molecule has 0 spiro atoms. The standard InChI is InChI=1S/C16H23N3/c1-16(2,11-19-12-7-8-17-9-12)14-10-18-15-6-4-3-5-13(14)15/h3-6,10,12,17-19H,7-9,11H2,1-2H3. The normalized spacial score (nSPS) is 20.2. The van der Waals surface area contributed by atoms with Crippen LogP contribution in [0.1, 0.15) is 25.8 Å². The highest BCUT2D eigenvalue weighted by Crippen LogP contribution is 2.29. The molecule has 2 heterocycles. The van der Waals surface area contributed by atoms with E-state index in [1.54, 1.807) is 0 Å². The van der Waals surface area contributed by atoms with Crippen LogP contribution in [0.5, 0.6) is 0 Å². The molecule has 1 atom stereocenters. The van der Waals surface area contributed by atoms with Crippen LogP contribution in [0.25, 0.3) is 10.9 Å². The Morgan fingerprint density at radius 2 is 2.16 bits per heavy atom. The number of hydrogen-bond acceptors (Lipinski definition) is 2. The second-order valence-electron chi connectivity index (χ2n) is 6.20. The topological polar surface area (TPSA) is 39.8 Å². The molecule has 19 heavy (non-hydrogen) atoms. The molecule has 1 aliphatic rings. The molecule has 0 aliphatic carbocycles. The summed E-state index contributed by atoms with van der Waals surface area (Å²) in [6.45, 7) is 7.90. The highest BCUT2D eigenvalue weighted by atomic mass is 15.0. The van der Waals surface area contributed by atoms with Crippen molar-refractivity contribution in [1.29, 1.82) is 0 Å². The zero-order valence-corrected chi connectivity index (χ0v) is 11.8. The molecule has 0 saturated carbocycles. The van der Waals surface area contributed by atoms with E-state index in [0.717, 1.165) is 19.6 Å². The molecule has 1 aromatic heterocycles. The summed E-state index contributed by atoms with van der Waals surface area (Å²) < 4.78 is 0. The van der Waals surface area contributed by atoms with E-state index in [2.05, 4.69) is 59.9 Å². The van der Waals surface area contributed by atoms with Crippen LogP contribution in [0.2, 0.25) is 0 Å². The van der Waals surface area contributed by atoms with Crippen molar-refractivity contribution in [3.8, 4) is 0 Å². The van der Waals surface area contributed by atoms with Gasteiger partial charge >= 0.3 is 0 Å². The first kappa shape index (κ1) is 12.7. The summed E-state index contributed by atoms with van der Waals surface area (Å²) in [5, 5.41) is 8.45. The maximum atomic E-state index is 3.70. The smallest absolute Gasteiger partial charge is 0.0457 e. The molecule has 3 heteroatoms. The van der Waals surface area contributed by atoms with E-state index in [1.165, 1.54) is 22.9 Å². The first-order valence-corrected chi connectivity index (χ1v) is 7.17. The van der Waals surface area contributed by atoms with E-state index >= 15 is 0 Å². The minimum absolute atomic E-state index is 0.141. The van der Waals surface area contributed by atoms with Crippen molar-refractivity contribution in [3.05, 3.63) is 36.0 Å². The molecule has 3 nitrogen and oxygen atoms in total. The van der Waals surface area contributed by atoms with Crippen molar-refractivity contribution in [3.63, 3.8) is 0 Å². The molecular weight excluding hydrogens is 234 g/mol. The third-order valence-electron chi connectivity index (χ3n) is 4.21. The highest BCUT2D eigenvalue weighted by Gasteiger charge is 2.25. The van der Waals surface area contributed by atoms with Gasteiger partial charge in [0.05, 0.1) is 0 Å². The van der Waals surface area contributed by atoms with Gasteiger partial charge in [0.1, 0.15) is 0 Å². The molecule has 1 unspecified atom stereocenters. The fourth-order valence-corrected chi connectivity index (χ4v) is 2.96. The minimum Gasteiger partial charge on any atom is -0.361 e. The number of aromatic nitrogens is 1. The monoisotopic (exact) mass is 257 g/mol. The molecule has 1 aliphatic heterocycles. The third kappa shape index (κ3) is 2.53. The summed E-state index contributed by atoms with van der Waals surface area (Å²) in [6, 6.07) is 9.18. The van der Waals surface area contributed by atoms with Gasteiger partial charge in [-0.05, 0) is 24.6 Å². The Balaban J connectivity index is 1.78. The average Bonchev–Trinajstić information content (AvgIpc) is 3.06. The number of rotatable bonds is 4. The molecule has 102 valence electrons. The van der Waals surface area contributed by atoms with Crippen molar-refractivity contribution < 1.29 is 0 Å². The fraction of sp³-hybridized carbons (Fsp3) is 0.500. The van der Waals surface area contributed by atoms with Crippen molar-refractivity contribution in [1.82, 2.24) is 15.6 Å². The van der Waals surface area contributed by atoms with Gasteiger partial charge in [0, 0.05) is 41.6 Å². The average molecular weight is 257 g/mol. The van der Waals surface area contributed by atoms with Gasteiger partial charge in [-0.1, -0.05) is 32.0 Å². The Morgan fingerprint density at radius 3 is 2.95 bits per heavy atom. The van der Waals surface area contributed by atoms with Crippen LogP contribution >= 0.6 is 0 Å². The van der Waals surface area contributed by atoms with Gasteiger partial charge in [-0.3, -0.25) is 0 Å². The highest BCUT2D eigenvalue weighted by molar-refractivity contribution is 5.84. The maximum absolute atomic E-state index is 3.70. The summed E-state index contributed by atoms with van der Waals surface area (Å²) in [7, 11) is 0. The van der Waals surface area contributed by atoms with Gasteiger partial charge < -0.3 is 15.6 Å². The lowest BCUT2D eigenvalue weighted by Crippen LogP contribution is -2.40. The number of benzene rings is 1. The quantitative estimate of drug-likeness (QED) is 0.787. The van der Waals surface area contributed by atoms with E-state index in [0.29, 0.717) is 6.04 Å². The molecule has 0 radical (unpaired) electrons. The Hall–Kier alpha value is -1.32. The fourth-order valence-electron chi connectivity index (χ4n) is 2.96. The Kier molecular flexibility index (Phi) is 3.33. The first-order valence-electron chi connectivity index (χ1n) is 7.17. The van der Waals surface area contributed by atoms with Gasteiger partial charge in [0.25, 0.3) is 0 Å². The van der Waals surface area contributed by atoms with E-state index < -0.39 is 0 Å². The molecule has 2 aromatic rings. The number of H-pyrrole nitrogens is 1. The maximum Gasteiger partial charge on any atom is 0.0457 e. The van der Waals surface area contributed by atoms with Crippen molar-refractivity contribution in [2.75, 3.05) is 19.6 Å². The summed E-state index contributed by atoms with van der Waals surface area (Å²) in [4.78, 5) is 3.38. The summed E-state index contributed by atoms with van der Waals surface area (Å²) in [6.07, 6.45) is 3.41. The van der Waals surface area contributed by atoms with E-state index in [4.69, 9.17) is 0 Å². The lowest BCUT2D eigenvalue weighted by atomic mass is 9.84. The lowest BCUT2D eigenvalue weighted by Gasteiger charge is -2.27. The molecule has 1 saturated heterocycles. The molecule has 1 aromatic carbocycles. The predicted octanol–water partition coefficient (Wildman–Crippen LogP) is 2.40. The Morgan fingerprint density at radius 1 is 1.32 bits per heavy atom. The zero-order valence-electron chi connectivity index (χ0n) is 11.8. The van der Waals surface area contributed by atoms with Crippen LogP contribution in [0.4, 0.5) is 0 Å². The Labute approximate surface area is 114 Å². The van der Waals surface area contributed by atoms with Crippen molar-refractivity contribution >= 4 is 10.9 Å². The minimum atomic E-state index is 0.141. The second-order valence-corrected chi connectivity index (χ2v) is 6.20. The van der Waals surface area contributed by atoms with Crippen LogP contribution < -0.4 is 10.6 Å². The van der Waals surface area contributed by atoms with Gasteiger partial charge in [-0.15, -0.1) is 0 Å². The molecular formula is C16H23N3. The molecule has 0 amide bonds. The van der Waals surface area contributed by atoms with Gasteiger partial charge in [-0.2, -0.15) is 0 Å². The van der Waals surface area contributed by atoms with Crippen molar-refractivity contribution in [2.24, 2.45) is 0 Å². The second kappa shape index (κ2) is 4.99. The first-order chi connectivity index (χ1) is 9.17. The number of fused-ring (bicyclic) bond motifs is 1. The van der Waals surface area contributed by atoms with E-state index in [1.807, 2.05) is 0 Å². The SMILES string of the molecule is CC(C)(CNC1CCNC1)c1c[nH]c2ccccc12. The number of para-hydroxylation sites is 1. The van der Waals surface area contributed by atoms with E-state index in [9.17, 15) is 0 Å². The molecule has 3 N–H and O–H groups in total. The molecule has 3 rings (SSSR count). The summed E-state index contributed by atoms with van der Waals surface area (Å²) >= 11 is 0. The third-order valence-corrected chi connectivity index (χ3v) is 4.21. The predicted molar refractivity (Wildman–Crippen MR) is 80.6 cm³/mol. The van der Waals surface area contributed by atoms with Crippen LogP contribution in [-0.4, -0.2) is 30.7 Å². The van der Waals surface area contributed by atoms with Crippen LogP contribution in [-0.2, 0) is 5.41 Å². The van der Waals surface area contributed by atoms with Gasteiger partial charge in [-0.25, -0.2) is 0 Å². The summed E-state index contributed by atoms with van der Waals surface area (Å²) in [5.41, 5.74) is 2.78. The van der Waals surface area contributed by atoms with Gasteiger partial charge in [0.15, 0.2) is 0 Å². The van der Waals surface area contributed by atoms with Crippen LogP contribution in [0, 0.1) is 0 Å². The zero-order chi connectivity index (χ0) is 13.3. The Bertz CT molecular complexity index is 550. The van der Waals surface area contributed by atoms with Crippen LogP contribution in [0.15, 0.2) is 30.5 Å². The van der Waals surface area contributed by atoms with E-state index in [-0.39, 0.29) is 5.41 Å².